The van der Waals surface area contributed by atoms with Gasteiger partial charge in [-0.05, 0) is 20.3 Å². The number of nitrogens with one attached hydrogen (secondary N) is 2. The molecule has 0 aromatic heterocycles. The molecule has 0 rings (SSSR count). The molecule has 0 radical (unpaired) electrons. The topological polar surface area (TPSA) is 84.2 Å². The van der Waals surface area contributed by atoms with Crippen LogP contribution in [0.2, 0.25) is 0 Å². The Balaban J connectivity index is 4.05. The molecule has 1 atom stereocenters. The number of hydrogen-bond acceptors (Lipinski definition) is 3. The van der Waals surface area contributed by atoms with Gasteiger partial charge in [-0.3, -0.25) is 9.59 Å². The predicted molar refractivity (Wildman–Crippen MR) is 63.7 cm³/mol. The summed E-state index contributed by atoms with van der Waals surface area (Å²) in [5.74, 6) is -0.195. The fourth-order valence-corrected chi connectivity index (χ4v) is 1.19. The molecule has 0 saturated carbocycles. The maximum absolute atomic E-state index is 11.4. The van der Waals surface area contributed by atoms with E-state index in [0.717, 1.165) is 6.42 Å². The van der Waals surface area contributed by atoms with Gasteiger partial charge in [0.05, 0.1) is 5.41 Å². The first-order chi connectivity index (χ1) is 7.33. The monoisotopic (exact) mass is 229 g/mol. The van der Waals surface area contributed by atoms with Crippen molar-refractivity contribution in [3.63, 3.8) is 0 Å². The number of carbonyl (C=O) groups excluding carboxylic acids is 2. The highest BCUT2D eigenvalue weighted by Crippen LogP contribution is 2.13. The molecule has 0 aromatic rings. The molecule has 0 aromatic carbocycles. The molecule has 0 saturated heterocycles. The summed E-state index contributed by atoms with van der Waals surface area (Å²) in [6.07, 6.45) is 1.08. The van der Waals surface area contributed by atoms with Crippen molar-refractivity contribution in [1.82, 2.24) is 10.6 Å². The Kier molecular flexibility index (Phi) is 6.03. The highest BCUT2D eigenvalue weighted by Gasteiger charge is 2.27. The Morgan fingerprint density at radius 3 is 2.38 bits per heavy atom. The van der Waals surface area contributed by atoms with Gasteiger partial charge in [-0.2, -0.15) is 0 Å². The SMILES string of the molecule is CCC(N)CC(=O)NCC(C)(C)C(=O)NC. The molecule has 0 aliphatic heterocycles. The van der Waals surface area contributed by atoms with E-state index in [1.54, 1.807) is 20.9 Å². The minimum atomic E-state index is -0.597. The third kappa shape index (κ3) is 5.11. The van der Waals surface area contributed by atoms with Crippen LogP contribution in [0.1, 0.15) is 33.6 Å². The van der Waals surface area contributed by atoms with Crippen LogP contribution in [0.25, 0.3) is 0 Å². The van der Waals surface area contributed by atoms with Crippen LogP contribution < -0.4 is 16.4 Å². The van der Waals surface area contributed by atoms with Gasteiger partial charge in [-0.1, -0.05) is 6.92 Å². The molecule has 0 aliphatic rings. The largest absolute Gasteiger partial charge is 0.359 e. The second-order valence-corrected chi connectivity index (χ2v) is 4.61. The Morgan fingerprint density at radius 2 is 1.94 bits per heavy atom. The third-order valence-electron chi connectivity index (χ3n) is 2.54. The van der Waals surface area contributed by atoms with Crippen LogP contribution in [-0.4, -0.2) is 31.4 Å². The van der Waals surface area contributed by atoms with Crippen molar-refractivity contribution in [1.29, 1.82) is 0 Å². The van der Waals surface area contributed by atoms with Crippen molar-refractivity contribution in [2.24, 2.45) is 11.1 Å². The van der Waals surface area contributed by atoms with E-state index >= 15 is 0 Å². The first kappa shape index (κ1) is 14.9. The highest BCUT2D eigenvalue weighted by atomic mass is 16.2. The maximum atomic E-state index is 11.4. The van der Waals surface area contributed by atoms with E-state index in [4.69, 9.17) is 5.73 Å². The molecule has 2 amide bonds. The van der Waals surface area contributed by atoms with Crippen LogP contribution in [0.15, 0.2) is 0 Å². The lowest BCUT2D eigenvalue weighted by Gasteiger charge is -2.23. The van der Waals surface area contributed by atoms with Crippen LogP contribution in [-0.2, 0) is 9.59 Å². The second-order valence-electron chi connectivity index (χ2n) is 4.61. The molecule has 5 heteroatoms. The summed E-state index contributed by atoms with van der Waals surface area (Å²) in [5, 5.41) is 5.29. The van der Waals surface area contributed by atoms with Gasteiger partial charge in [0, 0.05) is 26.1 Å². The summed E-state index contributed by atoms with van der Waals surface area (Å²) in [7, 11) is 1.58. The average molecular weight is 229 g/mol. The highest BCUT2D eigenvalue weighted by molar-refractivity contribution is 5.83. The summed E-state index contributed by atoms with van der Waals surface area (Å²) in [4.78, 5) is 22.9. The quantitative estimate of drug-likeness (QED) is 0.599. The van der Waals surface area contributed by atoms with Gasteiger partial charge in [0.2, 0.25) is 11.8 Å². The predicted octanol–water partition coefficient (Wildman–Crippen LogP) is 0.00220. The van der Waals surface area contributed by atoms with Gasteiger partial charge in [-0.25, -0.2) is 0 Å². The van der Waals surface area contributed by atoms with Gasteiger partial charge in [-0.15, -0.1) is 0 Å². The van der Waals surface area contributed by atoms with Gasteiger partial charge >= 0.3 is 0 Å². The zero-order valence-corrected chi connectivity index (χ0v) is 10.6. The van der Waals surface area contributed by atoms with E-state index in [-0.39, 0.29) is 17.9 Å². The van der Waals surface area contributed by atoms with E-state index in [0.29, 0.717) is 13.0 Å². The summed E-state index contributed by atoms with van der Waals surface area (Å²) in [6.45, 7) is 5.83. The zero-order valence-electron chi connectivity index (χ0n) is 10.6. The Labute approximate surface area is 97.2 Å². The molecule has 1 unspecified atom stereocenters. The number of hydrogen-bond donors (Lipinski definition) is 3. The molecule has 0 aliphatic carbocycles. The molecule has 4 N–H and O–H groups in total. The average Bonchev–Trinajstić information content (AvgIpc) is 2.25. The molecule has 5 nitrogen and oxygen atoms in total. The summed E-state index contributed by atoms with van der Waals surface area (Å²) < 4.78 is 0. The summed E-state index contributed by atoms with van der Waals surface area (Å²) in [5.41, 5.74) is 5.06. The number of rotatable bonds is 6. The Bertz CT molecular complexity index is 252. The lowest BCUT2D eigenvalue weighted by Crippen LogP contribution is -2.44. The van der Waals surface area contributed by atoms with Crippen LogP contribution in [0.4, 0.5) is 0 Å². The van der Waals surface area contributed by atoms with Crippen molar-refractivity contribution < 1.29 is 9.59 Å². The van der Waals surface area contributed by atoms with Crippen LogP contribution >= 0.6 is 0 Å². The molecule has 0 heterocycles. The minimum absolute atomic E-state index is 0.0902. The fraction of sp³-hybridized carbons (Fsp3) is 0.818. The second kappa shape index (κ2) is 6.48. The summed E-state index contributed by atoms with van der Waals surface area (Å²) in [6, 6.07) is -0.108. The van der Waals surface area contributed by atoms with E-state index in [1.807, 2.05) is 6.92 Å². The first-order valence-electron chi connectivity index (χ1n) is 5.58. The molecule has 16 heavy (non-hydrogen) atoms. The lowest BCUT2D eigenvalue weighted by molar-refractivity contribution is -0.129. The zero-order chi connectivity index (χ0) is 12.8. The molecule has 0 bridgehead atoms. The number of nitrogens with two attached hydrogens (primary N) is 1. The molecular formula is C11H23N3O2. The van der Waals surface area contributed by atoms with Gasteiger partial charge < -0.3 is 16.4 Å². The van der Waals surface area contributed by atoms with Crippen LogP contribution in [0.5, 0.6) is 0 Å². The summed E-state index contributed by atoms with van der Waals surface area (Å²) >= 11 is 0. The molecule has 0 spiro atoms. The van der Waals surface area contributed by atoms with Crippen LogP contribution in [0, 0.1) is 5.41 Å². The van der Waals surface area contributed by atoms with Crippen molar-refractivity contribution >= 4 is 11.8 Å². The van der Waals surface area contributed by atoms with Crippen LogP contribution in [0.3, 0.4) is 0 Å². The van der Waals surface area contributed by atoms with Crippen molar-refractivity contribution in [3.05, 3.63) is 0 Å². The minimum Gasteiger partial charge on any atom is -0.359 e. The maximum Gasteiger partial charge on any atom is 0.227 e. The fourth-order valence-electron chi connectivity index (χ4n) is 1.19. The normalized spacial score (nSPS) is 13.1. The van der Waals surface area contributed by atoms with Gasteiger partial charge in [0.25, 0.3) is 0 Å². The number of carbonyl (C=O) groups is 2. The van der Waals surface area contributed by atoms with E-state index in [2.05, 4.69) is 10.6 Å². The first-order valence-corrected chi connectivity index (χ1v) is 5.58. The van der Waals surface area contributed by atoms with E-state index in [9.17, 15) is 9.59 Å². The van der Waals surface area contributed by atoms with Crippen molar-refractivity contribution in [2.45, 2.75) is 39.7 Å². The lowest BCUT2D eigenvalue weighted by atomic mass is 9.92. The number of amides is 2. The molecule has 0 fully saturated rings. The van der Waals surface area contributed by atoms with Crippen molar-refractivity contribution in [2.75, 3.05) is 13.6 Å². The van der Waals surface area contributed by atoms with E-state index in [1.165, 1.54) is 0 Å². The Hall–Kier alpha value is -1.10. The third-order valence-corrected chi connectivity index (χ3v) is 2.54. The smallest absolute Gasteiger partial charge is 0.227 e. The molecule has 94 valence electrons. The van der Waals surface area contributed by atoms with E-state index < -0.39 is 5.41 Å². The standard InChI is InChI=1S/C11H23N3O2/c1-5-8(12)6-9(15)14-7-11(2,3)10(16)13-4/h8H,5-7,12H2,1-4H3,(H,13,16)(H,14,15). The van der Waals surface area contributed by atoms with Crippen molar-refractivity contribution in [3.8, 4) is 0 Å². The van der Waals surface area contributed by atoms with Gasteiger partial charge in [0.1, 0.15) is 0 Å². The Morgan fingerprint density at radius 1 is 1.38 bits per heavy atom. The molecular weight excluding hydrogens is 206 g/mol. The van der Waals surface area contributed by atoms with Gasteiger partial charge in [0.15, 0.2) is 0 Å².